The molecule has 120 valence electrons. The summed E-state index contributed by atoms with van der Waals surface area (Å²) in [5.74, 6) is 0.929. The molecule has 1 saturated carbocycles. The molecule has 0 radical (unpaired) electrons. The summed E-state index contributed by atoms with van der Waals surface area (Å²) in [5.41, 5.74) is 2.33. The predicted molar refractivity (Wildman–Crippen MR) is 91.7 cm³/mol. The van der Waals surface area contributed by atoms with Gasteiger partial charge in [0, 0.05) is 31.4 Å². The molecule has 23 heavy (non-hydrogen) atoms. The molecule has 1 unspecified atom stereocenters. The number of amides is 1. The Bertz CT molecular complexity index is 623. The Morgan fingerprint density at radius 2 is 1.91 bits per heavy atom. The second-order valence-electron chi connectivity index (χ2n) is 6.45. The molecule has 1 fully saturated rings. The van der Waals surface area contributed by atoms with Crippen LogP contribution in [0.15, 0.2) is 54.9 Å². The first-order valence-electron chi connectivity index (χ1n) is 8.46. The Balaban J connectivity index is 1.65. The average molecular weight is 308 g/mol. The minimum Gasteiger partial charge on any atom is -0.335 e. The summed E-state index contributed by atoms with van der Waals surface area (Å²) in [5, 5.41) is 0. The number of nitrogens with zero attached hydrogens (tertiary/aromatic N) is 2. The number of hydrogen-bond donors (Lipinski definition) is 0. The zero-order chi connectivity index (χ0) is 16.1. The van der Waals surface area contributed by atoms with E-state index in [0.717, 1.165) is 12.0 Å². The number of rotatable bonds is 7. The summed E-state index contributed by atoms with van der Waals surface area (Å²) < 4.78 is 0. The highest BCUT2D eigenvalue weighted by Gasteiger charge is 2.34. The molecule has 3 rings (SSSR count). The van der Waals surface area contributed by atoms with Gasteiger partial charge in [0.05, 0.1) is 0 Å². The van der Waals surface area contributed by atoms with E-state index in [0.29, 0.717) is 24.9 Å². The van der Waals surface area contributed by atoms with Crippen molar-refractivity contribution in [2.75, 3.05) is 0 Å². The number of hydrogen-bond acceptors (Lipinski definition) is 2. The Labute approximate surface area is 138 Å². The Morgan fingerprint density at radius 1 is 1.17 bits per heavy atom. The van der Waals surface area contributed by atoms with Gasteiger partial charge in [0.2, 0.25) is 5.91 Å². The molecule has 1 aromatic carbocycles. The Morgan fingerprint density at radius 3 is 2.57 bits per heavy atom. The fourth-order valence-electron chi connectivity index (χ4n) is 3.01. The summed E-state index contributed by atoms with van der Waals surface area (Å²) in [6.07, 6.45) is 7.43. The van der Waals surface area contributed by atoms with Crippen LogP contribution in [0.2, 0.25) is 0 Å². The zero-order valence-corrected chi connectivity index (χ0v) is 13.7. The topological polar surface area (TPSA) is 33.2 Å². The molecule has 0 N–H and O–H groups in total. The van der Waals surface area contributed by atoms with Gasteiger partial charge in [-0.2, -0.15) is 0 Å². The van der Waals surface area contributed by atoms with Gasteiger partial charge in [0.25, 0.3) is 0 Å². The third kappa shape index (κ3) is 4.41. The third-order valence-electron chi connectivity index (χ3n) is 4.66. The fourth-order valence-corrected chi connectivity index (χ4v) is 3.01. The molecule has 0 aliphatic heterocycles. The SMILES string of the molecule is CC(C1CC1)N(Cc1ccccc1)C(=O)CCc1cccnc1. The Kier molecular flexibility index (Phi) is 5.06. The molecule has 1 aliphatic carbocycles. The number of carbonyl (C=O) groups excluding carboxylic acids is 1. The van der Waals surface area contributed by atoms with Crippen LogP contribution in [-0.2, 0) is 17.8 Å². The number of carbonyl (C=O) groups is 1. The summed E-state index contributed by atoms with van der Waals surface area (Å²) in [4.78, 5) is 19.0. The van der Waals surface area contributed by atoms with Crippen LogP contribution in [0.4, 0.5) is 0 Å². The molecule has 1 amide bonds. The van der Waals surface area contributed by atoms with Crippen molar-refractivity contribution in [2.24, 2.45) is 5.92 Å². The summed E-state index contributed by atoms with van der Waals surface area (Å²) >= 11 is 0. The van der Waals surface area contributed by atoms with Gasteiger partial charge in [-0.15, -0.1) is 0 Å². The largest absolute Gasteiger partial charge is 0.335 e. The first-order valence-corrected chi connectivity index (χ1v) is 8.46. The van der Waals surface area contributed by atoms with E-state index in [1.165, 1.54) is 18.4 Å². The van der Waals surface area contributed by atoms with Crippen LogP contribution in [0.25, 0.3) is 0 Å². The van der Waals surface area contributed by atoms with E-state index >= 15 is 0 Å². The summed E-state index contributed by atoms with van der Waals surface area (Å²) in [6.45, 7) is 2.91. The van der Waals surface area contributed by atoms with Crippen molar-refractivity contribution in [2.45, 2.75) is 45.2 Å². The molecule has 1 aliphatic rings. The maximum absolute atomic E-state index is 12.8. The minimum absolute atomic E-state index is 0.247. The molecule has 2 aromatic rings. The van der Waals surface area contributed by atoms with Gasteiger partial charge in [-0.1, -0.05) is 36.4 Å². The monoisotopic (exact) mass is 308 g/mol. The van der Waals surface area contributed by atoms with E-state index in [1.54, 1.807) is 6.20 Å². The van der Waals surface area contributed by atoms with E-state index in [4.69, 9.17) is 0 Å². The molecule has 1 atom stereocenters. The van der Waals surface area contributed by atoms with Gasteiger partial charge in [-0.25, -0.2) is 0 Å². The van der Waals surface area contributed by atoms with Gasteiger partial charge in [0.15, 0.2) is 0 Å². The number of aromatic nitrogens is 1. The lowest BCUT2D eigenvalue weighted by Gasteiger charge is -2.30. The van der Waals surface area contributed by atoms with E-state index in [2.05, 4.69) is 28.9 Å². The van der Waals surface area contributed by atoms with Crippen LogP contribution in [-0.4, -0.2) is 21.8 Å². The van der Waals surface area contributed by atoms with E-state index in [9.17, 15) is 4.79 Å². The van der Waals surface area contributed by atoms with Crippen molar-refractivity contribution in [3.63, 3.8) is 0 Å². The van der Waals surface area contributed by atoms with E-state index < -0.39 is 0 Å². The predicted octanol–water partition coefficient (Wildman–Crippen LogP) is 3.84. The van der Waals surface area contributed by atoms with E-state index in [1.807, 2.05) is 36.5 Å². The Hall–Kier alpha value is -2.16. The number of benzene rings is 1. The highest BCUT2D eigenvalue weighted by Crippen LogP contribution is 2.36. The van der Waals surface area contributed by atoms with Crippen molar-refractivity contribution in [3.05, 3.63) is 66.0 Å². The van der Waals surface area contributed by atoms with Gasteiger partial charge < -0.3 is 4.90 Å². The normalized spacial score (nSPS) is 15.2. The highest BCUT2D eigenvalue weighted by molar-refractivity contribution is 5.76. The molecular weight excluding hydrogens is 284 g/mol. The van der Waals surface area contributed by atoms with Crippen LogP contribution in [0, 0.1) is 5.92 Å². The maximum Gasteiger partial charge on any atom is 0.223 e. The van der Waals surface area contributed by atoms with Crippen molar-refractivity contribution in [1.29, 1.82) is 0 Å². The number of aryl methyl sites for hydroxylation is 1. The molecule has 1 heterocycles. The quantitative estimate of drug-likeness (QED) is 0.778. The lowest BCUT2D eigenvalue weighted by molar-refractivity contribution is -0.134. The minimum atomic E-state index is 0.247. The molecule has 0 saturated heterocycles. The lowest BCUT2D eigenvalue weighted by Crippen LogP contribution is -2.39. The van der Waals surface area contributed by atoms with Crippen LogP contribution < -0.4 is 0 Å². The summed E-state index contributed by atoms with van der Waals surface area (Å²) in [6, 6.07) is 14.6. The van der Waals surface area contributed by atoms with Crippen LogP contribution >= 0.6 is 0 Å². The van der Waals surface area contributed by atoms with Gasteiger partial charge in [-0.3, -0.25) is 9.78 Å². The first-order chi connectivity index (χ1) is 11.2. The maximum atomic E-state index is 12.8. The summed E-state index contributed by atoms with van der Waals surface area (Å²) in [7, 11) is 0. The van der Waals surface area contributed by atoms with Crippen LogP contribution in [0.5, 0.6) is 0 Å². The molecule has 1 aromatic heterocycles. The second-order valence-corrected chi connectivity index (χ2v) is 6.45. The van der Waals surface area contributed by atoms with Gasteiger partial charge in [0.1, 0.15) is 0 Å². The van der Waals surface area contributed by atoms with E-state index in [-0.39, 0.29) is 5.91 Å². The second kappa shape index (κ2) is 7.40. The van der Waals surface area contributed by atoms with Crippen molar-refractivity contribution in [3.8, 4) is 0 Å². The third-order valence-corrected chi connectivity index (χ3v) is 4.66. The fraction of sp³-hybridized carbons (Fsp3) is 0.400. The standard InChI is InChI=1S/C20H24N2O/c1-16(19-10-11-19)22(15-18-6-3-2-4-7-18)20(23)12-9-17-8-5-13-21-14-17/h2-8,13-14,16,19H,9-12,15H2,1H3. The first kappa shape index (κ1) is 15.7. The van der Waals surface area contributed by atoms with Crippen LogP contribution in [0.3, 0.4) is 0 Å². The van der Waals surface area contributed by atoms with Crippen molar-refractivity contribution < 1.29 is 4.79 Å². The molecule has 0 spiro atoms. The zero-order valence-electron chi connectivity index (χ0n) is 13.7. The molecule has 3 nitrogen and oxygen atoms in total. The molecular formula is C20H24N2O. The molecule has 0 bridgehead atoms. The average Bonchev–Trinajstić information content (AvgIpc) is 3.44. The smallest absolute Gasteiger partial charge is 0.223 e. The van der Waals surface area contributed by atoms with Crippen molar-refractivity contribution in [1.82, 2.24) is 9.88 Å². The van der Waals surface area contributed by atoms with Gasteiger partial charge in [-0.05, 0) is 49.3 Å². The van der Waals surface area contributed by atoms with Crippen molar-refractivity contribution >= 4 is 5.91 Å². The van der Waals surface area contributed by atoms with Gasteiger partial charge >= 0.3 is 0 Å². The molecule has 3 heteroatoms. The highest BCUT2D eigenvalue weighted by atomic mass is 16.2. The number of pyridine rings is 1. The lowest BCUT2D eigenvalue weighted by atomic mass is 10.1. The van der Waals surface area contributed by atoms with Crippen LogP contribution in [0.1, 0.15) is 37.3 Å².